The molecule has 0 aromatic carbocycles. The fraction of sp³-hybridized carbons (Fsp3) is 0.385. The number of carbonyl (C=O) groups is 3. The van der Waals surface area contributed by atoms with E-state index in [1.807, 2.05) is 0 Å². The van der Waals surface area contributed by atoms with Crippen molar-refractivity contribution < 1.29 is 19.5 Å². The minimum atomic E-state index is -1.12. The summed E-state index contributed by atoms with van der Waals surface area (Å²) in [5.41, 5.74) is 0.256. The Hall–Kier alpha value is -2.64. The lowest BCUT2D eigenvalue weighted by atomic mass is 10.2. The van der Waals surface area contributed by atoms with Crippen molar-refractivity contribution in [2.24, 2.45) is 0 Å². The van der Waals surface area contributed by atoms with E-state index in [0.29, 0.717) is 6.04 Å². The first-order valence-corrected chi connectivity index (χ1v) is 6.57. The molecule has 0 unspecified atom stereocenters. The predicted octanol–water partition coefficient (Wildman–Crippen LogP) is 0.570. The van der Waals surface area contributed by atoms with Gasteiger partial charge >= 0.3 is 12.0 Å². The quantitative estimate of drug-likeness (QED) is 0.611. The molecule has 0 bridgehead atoms. The number of amides is 3. The molecular weight excluding hydrogens is 276 g/mol. The van der Waals surface area contributed by atoms with Crippen LogP contribution in [0, 0.1) is 0 Å². The molecule has 112 valence electrons. The lowest BCUT2D eigenvalue weighted by molar-refractivity contribution is -0.121. The van der Waals surface area contributed by atoms with E-state index in [2.05, 4.69) is 20.9 Å². The van der Waals surface area contributed by atoms with E-state index in [1.165, 1.54) is 18.5 Å². The van der Waals surface area contributed by atoms with E-state index >= 15 is 0 Å². The maximum Gasteiger partial charge on any atom is 0.337 e. The first-order valence-electron chi connectivity index (χ1n) is 6.57. The zero-order chi connectivity index (χ0) is 15.2. The minimum Gasteiger partial charge on any atom is -0.478 e. The molecule has 1 aliphatic rings. The topological polar surface area (TPSA) is 120 Å². The number of carboxylic acid groups (broad SMARTS) is 1. The lowest BCUT2D eigenvalue weighted by Gasteiger charge is -2.08. The van der Waals surface area contributed by atoms with Crippen molar-refractivity contribution in [3.63, 3.8) is 0 Å². The molecule has 0 radical (unpaired) electrons. The molecule has 0 atom stereocenters. The molecule has 0 spiro atoms. The van der Waals surface area contributed by atoms with Crippen molar-refractivity contribution in [2.75, 3.05) is 11.9 Å². The third-order valence-corrected chi connectivity index (χ3v) is 2.82. The Morgan fingerprint density at radius 3 is 2.71 bits per heavy atom. The van der Waals surface area contributed by atoms with E-state index < -0.39 is 12.0 Å². The van der Waals surface area contributed by atoms with Crippen molar-refractivity contribution in [1.82, 2.24) is 15.6 Å². The number of hydrogen-bond acceptors (Lipinski definition) is 4. The van der Waals surface area contributed by atoms with Gasteiger partial charge in [-0.2, -0.15) is 0 Å². The number of carboxylic acids is 1. The van der Waals surface area contributed by atoms with Gasteiger partial charge in [0.1, 0.15) is 0 Å². The monoisotopic (exact) mass is 292 g/mol. The highest BCUT2D eigenvalue weighted by Gasteiger charge is 2.22. The average Bonchev–Trinajstić information content (AvgIpc) is 3.22. The van der Waals surface area contributed by atoms with Gasteiger partial charge in [-0.1, -0.05) is 0 Å². The van der Waals surface area contributed by atoms with Gasteiger partial charge < -0.3 is 21.1 Å². The third kappa shape index (κ3) is 5.09. The number of carbonyl (C=O) groups excluding carboxylic acids is 2. The molecule has 3 amide bonds. The van der Waals surface area contributed by atoms with Crippen molar-refractivity contribution in [3.05, 3.63) is 24.0 Å². The van der Waals surface area contributed by atoms with Crippen LogP contribution in [0.3, 0.4) is 0 Å². The van der Waals surface area contributed by atoms with Crippen LogP contribution >= 0.6 is 0 Å². The third-order valence-electron chi connectivity index (χ3n) is 2.82. The molecular formula is C13H16N4O4. The number of urea groups is 1. The summed E-state index contributed by atoms with van der Waals surface area (Å²) in [5.74, 6) is -1.21. The first kappa shape index (κ1) is 14.8. The molecule has 1 aromatic heterocycles. The van der Waals surface area contributed by atoms with Crippen LogP contribution in [0.5, 0.6) is 0 Å². The van der Waals surface area contributed by atoms with Crippen LogP contribution in [0.1, 0.15) is 29.6 Å². The van der Waals surface area contributed by atoms with E-state index in [4.69, 9.17) is 5.11 Å². The van der Waals surface area contributed by atoms with E-state index in [-0.39, 0.29) is 30.1 Å². The molecule has 1 heterocycles. The summed E-state index contributed by atoms with van der Waals surface area (Å²) in [5, 5.41) is 16.6. The molecule has 0 saturated heterocycles. The summed E-state index contributed by atoms with van der Waals surface area (Å²) < 4.78 is 0. The van der Waals surface area contributed by atoms with Crippen LogP contribution in [0.25, 0.3) is 0 Å². The van der Waals surface area contributed by atoms with Gasteiger partial charge in [-0.25, -0.2) is 9.59 Å². The fourth-order valence-electron chi connectivity index (χ4n) is 1.62. The predicted molar refractivity (Wildman–Crippen MR) is 74.0 cm³/mol. The second-order valence-corrected chi connectivity index (χ2v) is 4.74. The van der Waals surface area contributed by atoms with Crippen molar-refractivity contribution in [2.45, 2.75) is 25.3 Å². The molecule has 4 N–H and O–H groups in total. The van der Waals surface area contributed by atoms with Gasteiger partial charge in [-0.3, -0.25) is 9.78 Å². The summed E-state index contributed by atoms with van der Waals surface area (Å²) >= 11 is 0. The number of aromatic nitrogens is 1. The van der Waals surface area contributed by atoms with Crippen molar-refractivity contribution >= 4 is 23.6 Å². The summed E-state index contributed by atoms with van der Waals surface area (Å²) in [7, 11) is 0. The molecule has 1 fully saturated rings. The second-order valence-electron chi connectivity index (χ2n) is 4.74. The smallest absolute Gasteiger partial charge is 0.337 e. The lowest BCUT2D eigenvalue weighted by Crippen LogP contribution is -2.34. The number of hydrogen-bond donors (Lipinski definition) is 4. The summed E-state index contributed by atoms with van der Waals surface area (Å²) in [4.78, 5) is 37.5. The molecule has 21 heavy (non-hydrogen) atoms. The SMILES string of the molecule is O=C(CCNC(=O)Nc1cncc(C(=O)O)c1)NC1CC1. The molecule has 1 aromatic rings. The van der Waals surface area contributed by atoms with E-state index in [9.17, 15) is 14.4 Å². The van der Waals surface area contributed by atoms with E-state index in [0.717, 1.165) is 12.8 Å². The highest BCUT2D eigenvalue weighted by molar-refractivity contribution is 5.92. The Kier molecular flexibility index (Phi) is 4.70. The Bertz CT molecular complexity index is 557. The number of rotatable bonds is 6. The largest absolute Gasteiger partial charge is 0.478 e. The summed E-state index contributed by atoms with van der Waals surface area (Å²) in [6.07, 6.45) is 4.77. The number of aromatic carboxylic acids is 1. The van der Waals surface area contributed by atoms with Gasteiger partial charge in [-0.05, 0) is 18.9 Å². The Labute approximate surface area is 120 Å². The highest BCUT2D eigenvalue weighted by Crippen LogP contribution is 2.18. The van der Waals surface area contributed by atoms with Gasteiger partial charge in [0.25, 0.3) is 0 Å². The van der Waals surface area contributed by atoms with Gasteiger partial charge in [0.15, 0.2) is 0 Å². The van der Waals surface area contributed by atoms with Gasteiger partial charge in [0.2, 0.25) is 5.91 Å². The minimum absolute atomic E-state index is 0.0170. The fourth-order valence-corrected chi connectivity index (χ4v) is 1.62. The summed E-state index contributed by atoms with van der Waals surface area (Å²) in [6, 6.07) is 1.09. The maximum absolute atomic E-state index is 11.6. The van der Waals surface area contributed by atoms with Crippen LogP contribution in [-0.2, 0) is 4.79 Å². The number of nitrogens with zero attached hydrogens (tertiary/aromatic N) is 1. The standard InChI is InChI=1S/C13H16N4O4/c18-11(16-9-1-2-9)3-4-15-13(21)17-10-5-8(12(19)20)6-14-7-10/h5-7,9H,1-4H2,(H,16,18)(H,19,20)(H2,15,17,21). The Balaban J connectivity index is 1.72. The van der Waals surface area contributed by atoms with Crippen molar-refractivity contribution in [3.8, 4) is 0 Å². The van der Waals surface area contributed by atoms with Gasteiger partial charge in [0.05, 0.1) is 17.4 Å². The number of anilines is 1. The van der Waals surface area contributed by atoms with Crippen LogP contribution in [0.2, 0.25) is 0 Å². The van der Waals surface area contributed by atoms with Crippen LogP contribution in [-0.4, -0.2) is 40.6 Å². The number of nitrogens with one attached hydrogen (secondary N) is 3. The molecule has 2 rings (SSSR count). The van der Waals surface area contributed by atoms with Gasteiger partial charge in [0, 0.05) is 25.2 Å². The van der Waals surface area contributed by atoms with Crippen LogP contribution in [0.4, 0.5) is 10.5 Å². The molecule has 0 aliphatic heterocycles. The van der Waals surface area contributed by atoms with Crippen LogP contribution in [0.15, 0.2) is 18.5 Å². The number of pyridine rings is 1. The Morgan fingerprint density at radius 1 is 1.29 bits per heavy atom. The molecule has 8 nitrogen and oxygen atoms in total. The Morgan fingerprint density at radius 2 is 2.05 bits per heavy atom. The van der Waals surface area contributed by atoms with Crippen LogP contribution < -0.4 is 16.0 Å². The average molecular weight is 292 g/mol. The first-order chi connectivity index (χ1) is 10.0. The second kappa shape index (κ2) is 6.69. The summed E-state index contributed by atoms with van der Waals surface area (Å²) in [6.45, 7) is 0.205. The van der Waals surface area contributed by atoms with Gasteiger partial charge in [-0.15, -0.1) is 0 Å². The normalized spacial score (nSPS) is 13.3. The van der Waals surface area contributed by atoms with Crippen molar-refractivity contribution in [1.29, 1.82) is 0 Å². The highest BCUT2D eigenvalue weighted by atomic mass is 16.4. The zero-order valence-electron chi connectivity index (χ0n) is 11.3. The molecule has 8 heteroatoms. The maximum atomic E-state index is 11.6. The molecule has 1 saturated carbocycles. The van der Waals surface area contributed by atoms with E-state index in [1.54, 1.807) is 0 Å². The zero-order valence-corrected chi connectivity index (χ0v) is 11.3. The molecule has 1 aliphatic carbocycles.